The van der Waals surface area contributed by atoms with Crippen LogP contribution in [0.25, 0.3) is 0 Å². The van der Waals surface area contributed by atoms with Crippen LogP contribution in [0.15, 0.2) is 23.1 Å². The van der Waals surface area contributed by atoms with Crippen LogP contribution in [0.1, 0.15) is 6.42 Å². The summed E-state index contributed by atoms with van der Waals surface area (Å²) in [6.07, 6.45) is 0.838. The van der Waals surface area contributed by atoms with E-state index in [4.69, 9.17) is 19.9 Å². The molecule has 0 amide bonds. The third-order valence-corrected chi connectivity index (χ3v) is 3.90. The van der Waals surface area contributed by atoms with Gasteiger partial charge in [0.05, 0.1) is 35.2 Å². The fourth-order valence-corrected chi connectivity index (χ4v) is 2.56. The zero-order chi connectivity index (χ0) is 14.1. The second kappa shape index (κ2) is 8.90. The number of hydrogen-bond donors (Lipinski definition) is 1. The summed E-state index contributed by atoms with van der Waals surface area (Å²) in [7, 11) is 2.04. The van der Waals surface area contributed by atoms with Crippen molar-refractivity contribution >= 4 is 16.5 Å². The van der Waals surface area contributed by atoms with Crippen LogP contribution < -0.4 is 10.5 Å². The van der Waals surface area contributed by atoms with Gasteiger partial charge < -0.3 is 19.9 Å². The average molecular weight is 287 g/mol. The van der Waals surface area contributed by atoms with Crippen molar-refractivity contribution in [2.24, 2.45) is 0 Å². The molecule has 2 N–H and O–H groups in total. The van der Waals surface area contributed by atoms with Crippen LogP contribution in [0.2, 0.25) is 0 Å². The van der Waals surface area contributed by atoms with Crippen LogP contribution in [0.3, 0.4) is 0 Å². The van der Waals surface area contributed by atoms with Gasteiger partial charge in [-0.1, -0.05) is 0 Å². The van der Waals surface area contributed by atoms with Crippen molar-refractivity contribution in [2.75, 3.05) is 45.5 Å². The van der Waals surface area contributed by atoms with E-state index in [0.717, 1.165) is 6.42 Å². The molecule has 0 heterocycles. The second-order valence-corrected chi connectivity index (χ2v) is 5.45. The molecule has 1 unspecified atom stereocenters. The number of ether oxygens (including phenoxy) is 3. The monoisotopic (exact) mass is 287 g/mol. The number of methoxy groups -OCH3 is 2. The van der Waals surface area contributed by atoms with Crippen molar-refractivity contribution in [1.82, 2.24) is 0 Å². The molecule has 1 atom stereocenters. The predicted molar refractivity (Wildman–Crippen MR) is 76.0 cm³/mol. The lowest BCUT2D eigenvalue weighted by Crippen LogP contribution is -2.09. The van der Waals surface area contributed by atoms with E-state index in [2.05, 4.69) is 0 Å². The number of hydrogen-bond acceptors (Lipinski definition) is 5. The van der Waals surface area contributed by atoms with Gasteiger partial charge in [0.1, 0.15) is 5.75 Å². The molecule has 108 valence electrons. The van der Waals surface area contributed by atoms with Gasteiger partial charge in [-0.25, -0.2) is 0 Å². The summed E-state index contributed by atoms with van der Waals surface area (Å²) in [5, 5.41) is 0. The molecule has 0 aromatic heterocycles. The van der Waals surface area contributed by atoms with Crippen LogP contribution in [0.5, 0.6) is 5.75 Å². The molecule has 0 aliphatic heterocycles. The van der Waals surface area contributed by atoms with Crippen LogP contribution >= 0.6 is 0 Å². The van der Waals surface area contributed by atoms with E-state index in [-0.39, 0.29) is 0 Å². The Balaban J connectivity index is 2.40. The SMILES string of the molecule is COCCCOCCS(=O)c1cc(OC)ccc1N. The summed E-state index contributed by atoms with van der Waals surface area (Å²) in [4.78, 5) is 0.597. The van der Waals surface area contributed by atoms with Gasteiger partial charge in [0, 0.05) is 26.0 Å². The van der Waals surface area contributed by atoms with Crippen molar-refractivity contribution in [3.8, 4) is 5.75 Å². The maximum absolute atomic E-state index is 12.1. The van der Waals surface area contributed by atoms with Gasteiger partial charge in [0.25, 0.3) is 0 Å². The quantitative estimate of drug-likeness (QED) is 0.549. The largest absolute Gasteiger partial charge is 0.497 e. The maximum Gasteiger partial charge on any atom is 0.120 e. The molecular weight excluding hydrogens is 266 g/mol. The minimum absolute atomic E-state index is 0.421. The first-order valence-electron chi connectivity index (χ1n) is 6.07. The van der Waals surface area contributed by atoms with Gasteiger partial charge in [0.15, 0.2) is 0 Å². The standard InChI is InChI=1S/C13H21NO4S/c1-16-6-3-7-18-8-9-19(15)13-10-11(17-2)4-5-12(13)14/h4-5,10H,3,6-9,14H2,1-2H3. The highest BCUT2D eigenvalue weighted by Gasteiger charge is 2.09. The topological polar surface area (TPSA) is 70.8 Å². The molecule has 1 aromatic rings. The molecule has 1 aromatic carbocycles. The molecule has 0 fully saturated rings. The van der Waals surface area contributed by atoms with E-state index >= 15 is 0 Å². The summed E-state index contributed by atoms with van der Waals surface area (Å²) in [6, 6.07) is 5.15. The summed E-state index contributed by atoms with van der Waals surface area (Å²) in [6.45, 7) is 1.72. The lowest BCUT2D eigenvalue weighted by molar-refractivity contribution is 0.112. The fraction of sp³-hybridized carbons (Fsp3) is 0.538. The Bertz CT molecular complexity index is 412. The molecule has 0 aliphatic carbocycles. The van der Waals surface area contributed by atoms with E-state index in [9.17, 15) is 4.21 Å². The van der Waals surface area contributed by atoms with Crippen molar-refractivity contribution in [3.63, 3.8) is 0 Å². The molecule has 1 rings (SSSR count). The highest BCUT2D eigenvalue weighted by molar-refractivity contribution is 7.85. The van der Waals surface area contributed by atoms with E-state index in [1.807, 2.05) is 0 Å². The molecule has 19 heavy (non-hydrogen) atoms. The number of benzene rings is 1. The molecule has 0 aliphatic rings. The van der Waals surface area contributed by atoms with E-state index in [0.29, 0.717) is 41.9 Å². The zero-order valence-corrected chi connectivity index (χ0v) is 12.2. The number of nitrogens with two attached hydrogens (primary N) is 1. The Labute approximate surface area is 116 Å². The van der Waals surface area contributed by atoms with Crippen LogP contribution in [0, 0.1) is 0 Å². The lowest BCUT2D eigenvalue weighted by Gasteiger charge is -2.08. The van der Waals surface area contributed by atoms with Gasteiger partial charge in [-0.2, -0.15) is 0 Å². The Morgan fingerprint density at radius 1 is 1.21 bits per heavy atom. The number of rotatable bonds is 9. The Kier molecular flexibility index (Phi) is 7.47. The maximum atomic E-state index is 12.1. The van der Waals surface area contributed by atoms with E-state index < -0.39 is 10.8 Å². The van der Waals surface area contributed by atoms with Crippen LogP contribution in [0.4, 0.5) is 5.69 Å². The smallest absolute Gasteiger partial charge is 0.120 e. The average Bonchev–Trinajstić information content (AvgIpc) is 2.43. The molecule has 0 spiro atoms. The van der Waals surface area contributed by atoms with Gasteiger partial charge >= 0.3 is 0 Å². The molecule has 0 saturated heterocycles. The second-order valence-electron chi connectivity index (χ2n) is 3.91. The molecule has 5 nitrogen and oxygen atoms in total. The van der Waals surface area contributed by atoms with Gasteiger partial charge in [-0.3, -0.25) is 4.21 Å². The van der Waals surface area contributed by atoms with Crippen LogP contribution in [-0.2, 0) is 20.3 Å². The van der Waals surface area contributed by atoms with Crippen molar-refractivity contribution < 1.29 is 18.4 Å². The molecule has 0 saturated carbocycles. The summed E-state index contributed by atoms with van der Waals surface area (Å²) < 4.78 is 27.5. The Hall–Kier alpha value is -1.11. The number of nitrogen functional groups attached to an aromatic ring is 1. The lowest BCUT2D eigenvalue weighted by atomic mass is 10.3. The Morgan fingerprint density at radius 3 is 2.68 bits per heavy atom. The minimum atomic E-state index is -1.18. The third-order valence-electron chi connectivity index (χ3n) is 2.52. The summed E-state index contributed by atoms with van der Waals surface area (Å²) >= 11 is 0. The molecule has 6 heteroatoms. The zero-order valence-electron chi connectivity index (χ0n) is 11.4. The molecular formula is C13H21NO4S. The van der Waals surface area contributed by atoms with Crippen LogP contribution in [-0.4, -0.2) is 44.0 Å². The van der Waals surface area contributed by atoms with Gasteiger partial charge in [-0.05, 0) is 24.6 Å². The van der Waals surface area contributed by atoms with Gasteiger partial charge in [-0.15, -0.1) is 0 Å². The van der Waals surface area contributed by atoms with Gasteiger partial charge in [0.2, 0.25) is 0 Å². The van der Waals surface area contributed by atoms with Crippen molar-refractivity contribution in [2.45, 2.75) is 11.3 Å². The van der Waals surface area contributed by atoms with E-state index in [1.54, 1.807) is 32.4 Å². The minimum Gasteiger partial charge on any atom is -0.497 e. The first-order valence-corrected chi connectivity index (χ1v) is 7.39. The third kappa shape index (κ3) is 5.59. The molecule has 0 radical (unpaired) electrons. The Morgan fingerprint density at radius 2 is 2.00 bits per heavy atom. The van der Waals surface area contributed by atoms with Crippen molar-refractivity contribution in [1.29, 1.82) is 0 Å². The predicted octanol–water partition coefficient (Wildman–Crippen LogP) is 1.44. The summed E-state index contributed by atoms with van der Waals surface area (Å²) in [5.41, 5.74) is 6.32. The summed E-state index contributed by atoms with van der Waals surface area (Å²) in [5.74, 6) is 1.07. The fourth-order valence-electron chi connectivity index (χ4n) is 1.49. The highest BCUT2D eigenvalue weighted by Crippen LogP contribution is 2.22. The van der Waals surface area contributed by atoms with E-state index in [1.165, 1.54) is 0 Å². The molecule has 0 bridgehead atoms. The first-order chi connectivity index (χ1) is 9.19. The van der Waals surface area contributed by atoms with Crippen molar-refractivity contribution in [3.05, 3.63) is 18.2 Å². The first kappa shape index (κ1) is 15.9. The highest BCUT2D eigenvalue weighted by atomic mass is 32.2. The number of anilines is 1. The normalized spacial score (nSPS) is 12.3.